The Morgan fingerprint density at radius 3 is 2.77 bits per heavy atom. The molecule has 2 aliphatic heterocycles. The maximum absolute atomic E-state index is 5.43. The average Bonchev–Trinajstić information content (AvgIpc) is 3.16. The Morgan fingerprint density at radius 2 is 1.90 bits per heavy atom. The summed E-state index contributed by atoms with van der Waals surface area (Å²) in [5, 5.41) is 4.85. The lowest BCUT2D eigenvalue weighted by atomic mass is 10.0. The Kier molecular flexibility index (Phi) is 6.22. The molecule has 0 amide bonds. The van der Waals surface area contributed by atoms with E-state index >= 15 is 0 Å². The van der Waals surface area contributed by atoms with E-state index in [0.29, 0.717) is 0 Å². The van der Waals surface area contributed by atoms with Crippen molar-refractivity contribution in [1.29, 1.82) is 0 Å². The van der Waals surface area contributed by atoms with E-state index in [2.05, 4.69) is 55.4 Å². The van der Waals surface area contributed by atoms with E-state index in [9.17, 15) is 0 Å². The lowest BCUT2D eigenvalue weighted by Gasteiger charge is -2.27. The van der Waals surface area contributed by atoms with Crippen molar-refractivity contribution in [2.75, 3.05) is 51.3 Å². The number of benzene rings is 1. The third-order valence-electron chi connectivity index (χ3n) is 6.01. The fourth-order valence-electron chi connectivity index (χ4n) is 4.43. The quantitative estimate of drug-likeness (QED) is 0.588. The van der Waals surface area contributed by atoms with Crippen molar-refractivity contribution in [3.63, 3.8) is 0 Å². The highest BCUT2D eigenvalue weighted by Gasteiger charge is 2.23. The van der Waals surface area contributed by atoms with Crippen molar-refractivity contribution in [3.05, 3.63) is 52.7 Å². The summed E-state index contributed by atoms with van der Waals surface area (Å²) in [6, 6.07) is 10.8. The predicted molar refractivity (Wildman–Crippen MR) is 122 cm³/mol. The summed E-state index contributed by atoms with van der Waals surface area (Å²) in [7, 11) is 0. The number of fused-ring (bicyclic) bond motifs is 3. The summed E-state index contributed by atoms with van der Waals surface area (Å²) in [5.41, 5.74) is 2.83. The monoisotopic (exact) mass is 423 g/mol. The number of morpholine rings is 1. The average molecular weight is 424 g/mol. The van der Waals surface area contributed by atoms with Gasteiger partial charge in [-0.15, -0.1) is 11.3 Å². The van der Waals surface area contributed by atoms with E-state index in [1.165, 1.54) is 21.4 Å². The van der Waals surface area contributed by atoms with Crippen molar-refractivity contribution in [2.24, 2.45) is 0 Å². The van der Waals surface area contributed by atoms with Gasteiger partial charge in [0.05, 0.1) is 18.6 Å². The maximum Gasteiger partial charge on any atom is 0.138 e. The molecule has 1 fully saturated rings. The van der Waals surface area contributed by atoms with Gasteiger partial charge < -0.3 is 10.1 Å². The number of hydrogen-bond acceptors (Lipinski definition) is 7. The van der Waals surface area contributed by atoms with E-state index < -0.39 is 0 Å². The molecule has 4 heterocycles. The maximum atomic E-state index is 5.43. The van der Waals surface area contributed by atoms with E-state index in [1.54, 1.807) is 6.33 Å². The molecule has 0 unspecified atom stereocenters. The molecule has 6 nitrogen and oxygen atoms in total. The SMILES string of the molecule is c1ccc(CN2CCc3c(sc4ncnc(NCCCN5CCOCC5)c34)C2)cc1. The second-order valence-corrected chi connectivity index (χ2v) is 9.17. The predicted octanol–water partition coefficient (Wildman–Crippen LogP) is 3.38. The van der Waals surface area contributed by atoms with Crippen LogP contribution in [-0.4, -0.2) is 65.7 Å². The molecule has 1 N–H and O–H groups in total. The molecule has 30 heavy (non-hydrogen) atoms. The molecule has 7 heteroatoms. The number of thiophene rings is 1. The number of aromatic nitrogens is 2. The first-order valence-corrected chi connectivity index (χ1v) is 11.7. The number of anilines is 1. The highest BCUT2D eigenvalue weighted by molar-refractivity contribution is 7.18. The number of hydrogen-bond donors (Lipinski definition) is 1. The fraction of sp³-hybridized carbons (Fsp3) is 0.478. The van der Waals surface area contributed by atoms with Gasteiger partial charge in [0, 0.05) is 44.1 Å². The van der Waals surface area contributed by atoms with Gasteiger partial charge in [-0.25, -0.2) is 9.97 Å². The zero-order chi connectivity index (χ0) is 20.2. The third kappa shape index (κ3) is 4.49. The molecular weight excluding hydrogens is 394 g/mol. The lowest BCUT2D eigenvalue weighted by Crippen LogP contribution is -2.37. The van der Waals surface area contributed by atoms with E-state index in [4.69, 9.17) is 4.74 Å². The van der Waals surface area contributed by atoms with Crippen LogP contribution in [0.1, 0.15) is 22.4 Å². The molecule has 5 rings (SSSR count). The largest absolute Gasteiger partial charge is 0.379 e. The van der Waals surface area contributed by atoms with Crippen molar-refractivity contribution < 1.29 is 4.74 Å². The van der Waals surface area contributed by atoms with Crippen LogP contribution in [0.4, 0.5) is 5.82 Å². The van der Waals surface area contributed by atoms with Crippen LogP contribution in [0.5, 0.6) is 0 Å². The first-order valence-electron chi connectivity index (χ1n) is 10.9. The molecule has 0 radical (unpaired) electrons. The Balaban J connectivity index is 1.24. The van der Waals surface area contributed by atoms with Gasteiger partial charge in [-0.2, -0.15) is 0 Å². The normalized spacial score (nSPS) is 17.9. The molecule has 0 saturated carbocycles. The number of ether oxygens (including phenoxy) is 1. The highest BCUT2D eigenvalue weighted by Crippen LogP contribution is 2.37. The number of rotatable bonds is 7. The third-order valence-corrected chi connectivity index (χ3v) is 7.14. The molecule has 158 valence electrons. The van der Waals surface area contributed by atoms with Gasteiger partial charge in [-0.1, -0.05) is 30.3 Å². The van der Waals surface area contributed by atoms with Gasteiger partial charge >= 0.3 is 0 Å². The van der Waals surface area contributed by atoms with Gasteiger partial charge in [0.1, 0.15) is 17.0 Å². The van der Waals surface area contributed by atoms with Crippen LogP contribution in [-0.2, 0) is 24.2 Å². The first-order chi connectivity index (χ1) is 14.9. The molecule has 1 aromatic carbocycles. The van der Waals surface area contributed by atoms with Crippen molar-refractivity contribution in [2.45, 2.75) is 25.9 Å². The molecule has 1 saturated heterocycles. The van der Waals surface area contributed by atoms with Crippen LogP contribution in [0.3, 0.4) is 0 Å². The minimum absolute atomic E-state index is 0.863. The van der Waals surface area contributed by atoms with Crippen LogP contribution in [0.15, 0.2) is 36.7 Å². The molecule has 2 aromatic heterocycles. The standard InChI is InChI=1S/C23H29N5OS/c1-2-5-18(6-3-1)15-28-10-7-19-20(16-28)30-23-21(19)22(25-17-26-23)24-8-4-9-27-11-13-29-14-12-27/h1-3,5-6,17H,4,7-16H2,(H,24,25,26). The van der Waals surface area contributed by atoms with E-state index in [-0.39, 0.29) is 0 Å². The van der Waals surface area contributed by atoms with Crippen LogP contribution < -0.4 is 5.32 Å². The zero-order valence-electron chi connectivity index (χ0n) is 17.3. The second-order valence-electron chi connectivity index (χ2n) is 8.09. The number of nitrogens with one attached hydrogen (secondary N) is 1. The zero-order valence-corrected chi connectivity index (χ0v) is 18.2. The Labute approximate surface area is 181 Å². The van der Waals surface area contributed by atoms with Crippen LogP contribution in [0.2, 0.25) is 0 Å². The Hall–Kier alpha value is -2.06. The first kappa shape index (κ1) is 19.9. The minimum atomic E-state index is 0.863. The van der Waals surface area contributed by atoms with Crippen molar-refractivity contribution >= 4 is 27.4 Å². The van der Waals surface area contributed by atoms with Crippen molar-refractivity contribution in [3.8, 4) is 0 Å². The molecular formula is C23H29N5OS. The Bertz CT molecular complexity index is 970. The molecule has 0 bridgehead atoms. The summed E-state index contributed by atoms with van der Waals surface area (Å²) in [6.45, 7) is 8.97. The van der Waals surface area contributed by atoms with E-state index in [1.807, 2.05) is 11.3 Å². The van der Waals surface area contributed by atoms with Crippen molar-refractivity contribution in [1.82, 2.24) is 19.8 Å². The minimum Gasteiger partial charge on any atom is -0.379 e. The van der Waals surface area contributed by atoms with Crippen LogP contribution >= 0.6 is 11.3 Å². The summed E-state index contributed by atoms with van der Waals surface area (Å²) in [5.74, 6) is 1.01. The van der Waals surface area contributed by atoms with Crippen LogP contribution in [0, 0.1) is 0 Å². The van der Waals surface area contributed by atoms with Gasteiger partial charge in [0.2, 0.25) is 0 Å². The number of nitrogens with zero attached hydrogens (tertiary/aromatic N) is 4. The van der Waals surface area contributed by atoms with Gasteiger partial charge in [0.15, 0.2) is 0 Å². The molecule has 3 aromatic rings. The molecule has 0 spiro atoms. The van der Waals surface area contributed by atoms with Crippen LogP contribution in [0.25, 0.3) is 10.2 Å². The molecule has 2 aliphatic rings. The van der Waals surface area contributed by atoms with Gasteiger partial charge in [0.25, 0.3) is 0 Å². The second kappa shape index (κ2) is 9.39. The van der Waals surface area contributed by atoms with Gasteiger partial charge in [-0.3, -0.25) is 9.80 Å². The topological polar surface area (TPSA) is 53.5 Å². The summed E-state index contributed by atoms with van der Waals surface area (Å²) < 4.78 is 5.43. The molecule has 0 atom stereocenters. The fourth-order valence-corrected chi connectivity index (χ4v) is 5.66. The van der Waals surface area contributed by atoms with Gasteiger partial charge in [-0.05, 0) is 30.5 Å². The summed E-state index contributed by atoms with van der Waals surface area (Å²) >= 11 is 1.84. The van der Waals surface area contributed by atoms with E-state index in [0.717, 1.165) is 82.5 Å². The molecule has 0 aliphatic carbocycles. The Morgan fingerprint density at radius 1 is 1.03 bits per heavy atom. The summed E-state index contributed by atoms with van der Waals surface area (Å²) in [6.07, 6.45) is 3.89. The summed E-state index contributed by atoms with van der Waals surface area (Å²) in [4.78, 5) is 16.8. The smallest absolute Gasteiger partial charge is 0.138 e. The lowest BCUT2D eigenvalue weighted by molar-refractivity contribution is 0.0378. The highest BCUT2D eigenvalue weighted by atomic mass is 32.1.